The minimum Gasteiger partial charge on any atom is -0.486 e. The van der Waals surface area contributed by atoms with E-state index in [0.29, 0.717) is 6.61 Å². The lowest BCUT2D eigenvalue weighted by atomic mass is 10.1. The second-order valence-electron chi connectivity index (χ2n) is 6.94. The molecule has 0 saturated carbocycles. The van der Waals surface area contributed by atoms with Crippen LogP contribution in [0.5, 0.6) is 5.75 Å². The molecule has 30 heavy (non-hydrogen) atoms. The summed E-state index contributed by atoms with van der Waals surface area (Å²) in [5.74, 6) is 0.769. The van der Waals surface area contributed by atoms with E-state index in [0.717, 1.165) is 26.9 Å². The zero-order valence-corrected chi connectivity index (χ0v) is 18.2. The van der Waals surface area contributed by atoms with Gasteiger partial charge in [0.25, 0.3) is 0 Å². The van der Waals surface area contributed by atoms with Crippen molar-refractivity contribution in [2.75, 3.05) is 0 Å². The predicted octanol–water partition coefficient (Wildman–Crippen LogP) is 5.54. The molecule has 0 aliphatic rings. The molecule has 0 saturated heterocycles. The zero-order chi connectivity index (χ0) is 20.8. The lowest BCUT2D eigenvalue weighted by Crippen LogP contribution is -2.30. The molecule has 0 fully saturated rings. The summed E-state index contributed by atoms with van der Waals surface area (Å²) < 4.78 is 5.79. The first-order chi connectivity index (χ1) is 14.7. The largest absolute Gasteiger partial charge is 0.486 e. The van der Waals surface area contributed by atoms with Crippen LogP contribution in [-0.2, 0) is 17.8 Å². The Bertz CT molecular complexity index is 1070. The Hall–Kier alpha value is -2.96. The number of carbonyl (C=O) groups is 1. The van der Waals surface area contributed by atoms with E-state index in [1.54, 1.807) is 11.3 Å². The summed E-state index contributed by atoms with van der Waals surface area (Å²) in [4.78, 5) is 18.4. The van der Waals surface area contributed by atoms with Gasteiger partial charge >= 0.3 is 0 Å². The molecule has 4 nitrogen and oxygen atoms in total. The molecule has 2 heterocycles. The summed E-state index contributed by atoms with van der Waals surface area (Å²) in [5, 5.41) is 7.97. The van der Waals surface area contributed by atoms with Crippen molar-refractivity contribution in [1.29, 1.82) is 0 Å². The third-order valence-electron chi connectivity index (χ3n) is 4.59. The first-order valence-electron chi connectivity index (χ1n) is 9.68. The van der Waals surface area contributed by atoms with Crippen molar-refractivity contribution in [3.05, 3.63) is 104 Å². The molecule has 1 N–H and O–H groups in total. The summed E-state index contributed by atoms with van der Waals surface area (Å²) in [6.07, 6.45) is 0.246. The van der Waals surface area contributed by atoms with E-state index >= 15 is 0 Å². The number of amides is 1. The summed E-state index contributed by atoms with van der Waals surface area (Å²) in [7, 11) is 0. The highest BCUT2D eigenvalue weighted by Gasteiger charge is 2.18. The predicted molar refractivity (Wildman–Crippen MR) is 122 cm³/mol. The molecule has 2 aromatic heterocycles. The Labute approximate surface area is 184 Å². The molecule has 0 aliphatic heterocycles. The number of ether oxygens (including phenoxy) is 1. The third-order valence-corrected chi connectivity index (χ3v) is 6.40. The Kier molecular flexibility index (Phi) is 6.57. The molecule has 1 atom stereocenters. The fourth-order valence-electron chi connectivity index (χ4n) is 3.07. The number of nitrogens with one attached hydrogen (secondary N) is 1. The van der Waals surface area contributed by atoms with Crippen LogP contribution in [0.4, 0.5) is 0 Å². The van der Waals surface area contributed by atoms with Gasteiger partial charge in [-0.1, -0.05) is 54.1 Å². The van der Waals surface area contributed by atoms with E-state index in [2.05, 4.69) is 10.3 Å². The third kappa shape index (κ3) is 5.34. The van der Waals surface area contributed by atoms with Crippen LogP contribution in [0.25, 0.3) is 0 Å². The maximum Gasteiger partial charge on any atom is 0.226 e. The van der Waals surface area contributed by atoms with Crippen molar-refractivity contribution in [3.8, 4) is 5.75 Å². The van der Waals surface area contributed by atoms with Crippen LogP contribution in [0.3, 0.4) is 0 Å². The van der Waals surface area contributed by atoms with Crippen LogP contribution < -0.4 is 10.1 Å². The number of thiophene rings is 1. The maximum absolute atomic E-state index is 12.7. The number of benzene rings is 2. The Balaban J connectivity index is 1.37. The maximum atomic E-state index is 12.7. The van der Waals surface area contributed by atoms with Gasteiger partial charge in [0.1, 0.15) is 17.4 Å². The fraction of sp³-hybridized carbons (Fsp3) is 0.167. The number of aromatic nitrogens is 1. The van der Waals surface area contributed by atoms with E-state index in [1.165, 1.54) is 16.9 Å². The summed E-state index contributed by atoms with van der Waals surface area (Å²) in [6.45, 7) is 2.44. The summed E-state index contributed by atoms with van der Waals surface area (Å²) >= 11 is 3.15. The van der Waals surface area contributed by atoms with Gasteiger partial charge in [0.2, 0.25) is 5.91 Å². The van der Waals surface area contributed by atoms with Gasteiger partial charge in [0.05, 0.1) is 18.2 Å². The van der Waals surface area contributed by atoms with E-state index in [4.69, 9.17) is 4.74 Å². The Morgan fingerprint density at radius 3 is 2.57 bits per heavy atom. The molecule has 1 amide bonds. The van der Waals surface area contributed by atoms with Gasteiger partial charge < -0.3 is 10.1 Å². The molecule has 0 aliphatic carbocycles. The number of aryl methyl sites for hydroxylation is 1. The lowest BCUT2D eigenvalue weighted by molar-refractivity contribution is -0.121. The molecule has 2 aromatic carbocycles. The average Bonchev–Trinajstić information content (AvgIpc) is 3.45. The van der Waals surface area contributed by atoms with Gasteiger partial charge in [-0.25, -0.2) is 4.98 Å². The molecule has 152 valence electrons. The number of hydrogen-bond acceptors (Lipinski definition) is 5. The van der Waals surface area contributed by atoms with E-state index in [-0.39, 0.29) is 18.4 Å². The van der Waals surface area contributed by atoms with Crippen LogP contribution in [0.2, 0.25) is 0 Å². The quantitative estimate of drug-likeness (QED) is 0.396. The number of carbonyl (C=O) groups excluding carboxylic acids is 1. The van der Waals surface area contributed by atoms with E-state index in [9.17, 15) is 4.79 Å². The van der Waals surface area contributed by atoms with Gasteiger partial charge in [-0.3, -0.25) is 4.79 Å². The first-order valence-corrected chi connectivity index (χ1v) is 11.4. The number of hydrogen-bond donors (Lipinski definition) is 1. The van der Waals surface area contributed by atoms with E-state index < -0.39 is 0 Å². The molecule has 4 aromatic rings. The topological polar surface area (TPSA) is 51.2 Å². The van der Waals surface area contributed by atoms with Crippen molar-refractivity contribution >= 4 is 28.6 Å². The molecule has 0 spiro atoms. The summed E-state index contributed by atoms with van der Waals surface area (Å²) in [5.41, 5.74) is 3.03. The molecular weight excluding hydrogens is 412 g/mol. The van der Waals surface area contributed by atoms with Gasteiger partial charge in [0, 0.05) is 10.3 Å². The fourth-order valence-corrected chi connectivity index (χ4v) is 4.58. The van der Waals surface area contributed by atoms with Crippen LogP contribution in [0.15, 0.2) is 77.5 Å². The highest BCUT2D eigenvalue weighted by atomic mass is 32.1. The SMILES string of the molecule is Cc1ccc(OCc2nc(CC(=O)NC(c3ccccc3)c3cccs3)cs2)cc1. The summed E-state index contributed by atoms with van der Waals surface area (Å²) in [6, 6.07) is 21.9. The second-order valence-corrected chi connectivity index (χ2v) is 8.86. The normalized spacial score (nSPS) is 11.8. The molecule has 1 unspecified atom stereocenters. The highest BCUT2D eigenvalue weighted by molar-refractivity contribution is 7.10. The Morgan fingerprint density at radius 2 is 1.83 bits per heavy atom. The molecule has 6 heteroatoms. The minimum atomic E-state index is -0.151. The van der Waals surface area contributed by atoms with Crippen molar-refractivity contribution in [1.82, 2.24) is 10.3 Å². The van der Waals surface area contributed by atoms with Crippen LogP contribution in [0, 0.1) is 6.92 Å². The monoisotopic (exact) mass is 434 g/mol. The van der Waals surface area contributed by atoms with Gasteiger partial charge in [-0.05, 0) is 36.1 Å². The smallest absolute Gasteiger partial charge is 0.226 e. The second kappa shape index (κ2) is 9.69. The van der Waals surface area contributed by atoms with Crippen molar-refractivity contribution in [3.63, 3.8) is 0 Å². The molecule has 0 radical (unpaired) electrons. The lowest BCUT2D eigenvalue weighted by Gasteiger charge is -2.18. The van der Waals surface area contributed by atoms with Gasteiger partial charge in [-0.2, -0.15) is 0 Å². The Morgan fingerprint density at radius 1 is 1.03 bits per heavy atom. The van der Waals surface area contributed by atoms with Crippen molar-refractivity contribution in [2.45, 2.75) is 26.0 Å². The molecular formula is C24H22N2O2S2. The van der Waals surface area contributed by atoms with Crippen LogP contribution in [-0.4, -0.2) is 10.9 Å². The first kappa shape index (κ1) is 20.3. The molecule has 0 bridgehead atoms. The number of rotatable bonds is 8. The zero-order valence-electron chi connectivity index (χ0n) is 16.6. The average molecular weight is 435 g/mol. The van der Waals surface area contributed by atoms with Gasteiger partial charge in [-0.15, -0.1) is 22.7 Å². The van der Waals surface area contributed by atoms with E-state index in [1.807, 2.05) is 84.4 Å². The number of nitrogens with zero attached hydrogens (tertiary/aromatic N) is 1. The van der Waals surface area contributed by atoms with Crippen molar-refractivity contribution < 1.29 is 9.53 Å². The highest BCUT2D eigenvalue weighted by Crippen LogP contribution is 2.26. The van der Waals surface area contributed by atoms with Crippen LogP contribution >= 0.6 is 22.7 Å². The van der Waals surface area contributed by atoms with Crippen molar-refractivity contribution in [2.24, 2.45) is 0 Å². The van der Waals surface area contributed by atoms with Gasteiger partial charge in [0.15, 0.2) is 0 Å². The standard InChI is InChI=1S/C24H22N2O2S2/c1-17-9-11-20(12-10-17)28-15-23-25-19(16-30-23)14-22(27)26-24(21-8-5-13-29-21)18-6-3-2-4-7-18/h2-13,16,24H,14-15H2,1H3,(H,26,27). The van der Waals surface area contributed by atoms with Crippen LogP contribution in [0.1, 0.15) is 32.7 Å². The number of thiazole rings is 1. The minimum absolute atomic E-state index is 0.0476. The molecule has 4 rings (SSSR count).